The first-order chi connectivity index (χ1) is 9.33. The lowest BCUT2D eigenvalue weighted by Gasteiger charge is -2.24. The second kappa shape index (κ2) is 4.30. The Morgan fingerprint density at radius 1 is 1.16 bits per heavy atom. The maximum absolute atomic E-state index is 5.47. The molecule has 3 atom stereocenters. The molecule has 0 spiro atoms. The van der Waals surface area contributed by atoms with E-state index >= 15 is 0 Å². The van der Waals surface area contributed by atoms with Gasteiger partial charge < -0.3 is 0 Å². The van der Waals surface area contributed by atoms with E-state index in [1.54, 1.807) is 0 Å². The average molecular weight is 271 g/mol. The van der Waals surface area contributed by atoms with E-state index in [2.05, 4.69) is 39.0 Å². The fourth-order valence-electron chi connectivity index (χ4n) is 3.93. The summed E-state index contributed by atoms with van der Waals surface area (Å²) < 4.78 is 3.05. The van der Waals surface area contributed by atoms with Crippen LogP contribution in [0.1, 0.15) is 31.7 Å². The number of benzene rings is 1. The maximum Gasteiger partial charge on any atom is 0.195 e. The van der Waals surface area contributed by atoms with Crippen LogP contribution in [0.2, 0.25) is 0 Å². The largest absolute Gasteiger partial charge is 0.297 e. The molecule has 1 aromatic heterocycles. The monoisotopic (exact) mass is 271 g/mol. The summed E-state index contributed by atoms with van der Waals surface area (Å²) in [7, 11) is 0. The Morgan fingerprint density at radius 3 is 2.68 bits per heavy atom. The maximum atomic E-state index is 5.47. The Bertz CT molecular complexity index is 643. The van der Waals surface area contributed by atoms with Crippen LogP contribution in [0.25, 0.3) is 11.4 Å². The molecule has 1 heterocycles. The Kier molecular flexibility index (Phi) is 2.58. The summed E-state index contributed by atoms with van der Waals surface area (Å²) in [6.45, 7) is 0. The Labute approximate surface area is 117 Å². The highest BCUT2D eigenvalue weighted by Gasteiger charge is 2.41. The molecule has 4 rings (SSSR count). The molecular formula is C15H17N3S. The van der Waals surface area contributed by atoms with Crippen LogP contribution < -0.4 is 0 Å². The average Bonchev–Trinajstić information content (AvgIpc) is 3.14. The Hall–Kier alpha value is -1.42. The molecule has 2 saturated carbocycles. The second-order valence-corrected chi connectivity index (χ2v) is 6.22. The normalized spacial score (nSPS) is 28.9. The van der Waals surface area contributed by atoms with Crippen molar-refractivity contribution in [3.05, 3.63) is 35.1 Å². The summed E-state index contributed by atoms with van der Waals surface area (Å²) in [6, 6.07) is 10.9. The molecule has 0 radical (unpaired) electrons. The number of aromatic nitrogens is 3. The third-order valence-corrected chi connectivity index (χ3v) is 5.06. The summed E-state index contributed by atoms with van der Waals surface area (Å²) in [5, 5.41) is 7.45. The van der Waals surface area contributed by atoms with Gasteiger partial charge in [0.15, 0.2) is 10.6 Å². The fourth-order valence-corrected chi connectivity index (χ4v) is 4.20. The van der Waals surface area contributed by atoms with Gasteiger partial charge in [0.1, 0.15) is 0 Å². The van der Waals surface area contributed by atoms with Gasteiger partial charge in [0, 0.05) is 11.6 Å². The SMILES string of the molecule is S=c1[nH]nc(-c2ccccc2)n1[C@@H]1C[C@H]2CC[C@H]1C2. The van der Waals surface area contributed by atoms with Gasteiger partial charge in [0.05, 0.1) is 0 Å². The van der Waals surface area contributed by atoms with Crippen LogP contribution in [0, 0.1) is 16.6 Å². The molecule has 1 N–H and O–H groups in total. The van der Waals surface area contributed by atoms with E-state index in [1.165, 1.54) is 25.7 Å². The predicted molar refractivity (Wildman–Crippen MR) is 77.3 cm³/mol. The number of nitrogens with one attached hydrogen (secondary N) is 1. The van der Waals surface area contributed by atoms with Crippen LogP contribution in [-0.2, 0) is 0 Å². The minimum absolute atomic E-state index is 0.556. The van der Waals surface area contributed by atoms with E-state index in [9.17, 15) is 0 Å². The third kappa shape index (κ3) is 1.77. The Morgan fingerprint density at radius 2 is 2.00 bits per heavy atom. The van der Waals surface area contributed by atoms with E-state index in [0.717, 1.165) is 28.0 Å². The number of nitrogens with zero attached hydrogens (tertiary/aromatic N) is 2. The van der Waals surface area contributed by atoms with Crippen LogP contribution in [0.3, 0.4) is 0 Å². The smallest absolute Gasteiger partial charge is 0.195 e. The van der Waals surface area contributed by atoms with Gasteiger partial charge in [-0.2, -0.15) is 5.10 Å². The summed E-state index contributed by atoms with van der Waals surface area (Å²) in [6.07, 6.45) is 5.42. The van der Waals surface area contributed by atoms with Crippen molar-refractivity contribution in [1.82, 2.24) is 14.8 Å². The van der Waals surface area contributed by atoms with Crippen molar-refractivity contribution in [1.29, 1.82) is 0 Å². The molecule has 2 aromatic rings. The van der Waals surface area contributed by atoms with Crippen molar-refractivity contribution in [2.45, 2.75) is 31.7 Å². The first-order valence-corrected chi connectivity index (χ1v) is 7.46. The van der Waals surface area contributed by atoms with Crippen molar-refractivity contribution in [2.24, 2.45) is 11.8 Å². The second-order valence-electron chi connectivity index (χ2n) is 5.83. The highest BCUT2D eigenvalue weighted by Crippen LogP contribution is 2.51. The van der Waals surface area contributed by atoms with E-state index in [1.807, 2.05) is 6.07 Å². The van der Waals surface area contributed by atoms with Crippen molar-refractivity contribution in [3.63, 3.8) is 0 Å². The highest BCUT2D eigenvalue weighted by molar-refractivity contribution is 7.71. The van der Waals surface area contributed by atoms with Crippen molar-refractivity contribution in [2.75, 3.05) is 0 Å². The molecule has 98 valence electrons. The summed E-state index contributed by atoms with van der Waals surface area (Å²) >= 11 is 5.47. The van der Waals surface area contributed by atoms with E-state index < -0.39 is 0 Å². The van der Waals surface area contributed by atoms with Crippen LogP contribution in [-0.4, -0.2) is 14.8 Å². The minimum atomic E-state index is 0.556. The van der Waals surface area contributed by atoms with Gasteiger partial charge in [0.2, 0.25) is 0 Å². The van der Waals surface area contributed by atoms with E-state index in [0.29, 0.717) is 6.04 Å². The van der Waals surface area contributed by atoms with E-state index in [-0.39, 0.29) is 0 Å². The molecule has 0 amide bonds. The molecule has 2 bridgehead atoms. The lowest BCUT2D eigenvalue weighted by Crippen LogP contribution is -2.17. The van der Waals surface area contributed by atoms with Crippen molar-refractivity contribution < 1.29 is 0 Å². The molecule has 0 saturated heterocycles. The van der Waals surface area contributed by atoms with Crippen molar-refractivity contribution in [3.8, 4) is 11.4 Å². The van der Waals surface area contributed by atoms with Gasteiger partial charge >= 0.3 is 0 Å². The van der Waals surface area contributed by atoms with Gasteiger partial charge in [-0.3, -0.25) is 9.67 Å². The van der Waals surface area contributed by atoms with Crippen LogP contribution in [0.15, 0.2) is 30.3 Å². The molecule has 2 aliphatic rings. The summed E-state index contributed by atoms with van der Waals surface area (Å²) in [4.78, 5) is 0. The number of fused-ring (bicyclic) bond motifs is 2. The molecule has 1 aromatic carbocycles. The van der Waals surface area contributed by atoms with E-state index in [4.69, 9.17) is 12.2 Å². The highest BCUT2D eigenvalue weighted by atomic mass is 32.1. The van der Waals surface area contributed by atoms with Gasteiger partial charge in [-0.05, 0) is 43.3 Å². The first kappa shape index (κ1) is 11.4. The zero-order valence-electron chi connectivity index (χ0n) is 10.7. The number of H-pyrrole nitrogens is 1. The Balaban J connectivity index is 1.80. The number of aromatic amines is 1. The standard InChI is InChI=1S/C15H17N3S/c19-15-17-16-14(11-4-2-1-3-5-11)18(15)13-9-10-6-7-12(13)8-10/h1-5,10,12-13H,6-9H2,(H,17,19)/t10-,12-,13+/m0/s1. The lowest BCUT2D eigenvalue weighted by molar-refractivity contribution is 0.329. The van der Waals surface area contributed by atoms with Crippen LogP contribution in [0.5, 0.6) is 0 Å². The molecule has 2 fully saturated rings. The summed E-state index contributed by atoms with van der Waals surface area (Å²) in [5.41, 5.74) is 1.15. The topological polar surface area (TPSA) is 33.6 Å². The predicted octanol–water partition coefficient (Wildman–Crippen LogP) is 3.97. The molecule has 19 heavy (non-hydrogen) atoms. The van der Waals surface area contributed by atoms with Crippen LogP contribution >= 0.6 is 12.2 Å². The first-order valence-electron chi connectivity index (χ1n) is 7.05. The molecular weight excluding hydrogens is 254 g/mol. The number of hydrogen-bond acceptors (Lipinski definition) is 2. The van der Waals surface area contributed by atoms with Gasteiger partial charge in [-0.15, -0.1) is 0 Å². The van der Waals surface area contributed by atoms with Crippen molar-refractivity contribution >= 4 is 12.2 Å². The zero-order valence-corrected chi connectivity index (χ0v) is 11.6. The molecule has 0 aliphatic heterocycles. The number of hydrogen-bond donors (Lipinski definition) is 1. The lowest BCUT2D eigenvalue weighted by atomic mass is 9.95. The quantitative estimate of drug-likeness (QED) is 0.838. The summed E-state index contributed by atoms with van der Waals surface area (Å²) in [5.74, 6) is 2.72. The zero-order chi connectivity index (χ0) is 12.8. The van der Waals surface area contributed by atoms with Crippen LogP contribution in [0.4, 0.5) is 0 Å². The van der Waals surface area contributed by atoms with Gasteiger partial charge in [-0.1, -0.05) is 36.8 Å². The molecule has 2 aliphatic carbocycles. The fraction of sp³-hybridized carbons (Fsp3) is 0.467. The molecule has 0 unspecified atom stereocenters. The third-order valence-electron chi connectivity index (χ3n) is 4.77. The molecule has 3 nitrogen and oxygen atoms in total. The minimum Gasteiger partial charge on any atom is -0.297 e. The van der Waals surface area contributed by atoms with Gasteiger partial charge in [0.25, 0.3) is 0 Å². The number of rotatable bonds is 2. The molecule has 4 heteroatoms. The van der Waals surface area contributed by atoms with Gasteiger partial charge in [-0.25, -0.2) is 0 Å².